The lowest BCUT2D eigenvalue weighted by Gasteiger charge is -2.03. The number of carbonyl (C=O) groups is 4. The molecule has 0 aliphatic rings. The molecule has 0 atom stereocenters. The monoisotopic (exact) mass is 368 g/mol. The molecule has 1 aromatic carbocycles. The molecule has 1 aromatic rings. The number of hydrogen-bond donors (Lipinski definition) is 3. The van der Waals surface area contributed by atoms with Crippen molar-refractivity contribution in [2.75, 3.05) is 6.61 Å². The van der Waals surface area contributed by atoms with Crippen LogP contribution in [0.4, 0.5) is 0 Å². The predicted molar refractivity (Wildman–Crippen MR) is 92.3 cm³/mol. The second kappa shape index (κ2) is 13.4. The van der Waals surface area contributed by atoms with Crippen LogP contribution in [0.3, 0.4) is 0 Å². The highest BCUT2D eigenvalue weighted by molar-refractivity contribution is 5.92. The maximum absolute atomic E-state index is 11.4. The third kappa shape index (κ3) is 11.6. The fourth-order valence-corrected chi connectivity index (χ4v) is 1.69. The smallest absolute Gasteiger partial charge is 0.338 e. The molecule has 8 heteroatoms. The summed E-state index contributed by atoms with van der Waals surface area (Å²) in [6.45, 7) is 2.41. The number of esters is 1. The van der Waals surface area contributed by atoms with Crippen LogP contribution >= 0.6 is 0 Å². The fourth-order valence-electron chi connectivity index (χ4n) is 1.69. The van der Waals surface area contributed by atoms with Crippen molar-refractivity contribution in [1.29, 1.82) is 0 Å². The number of hydrogen-bond acceptors (Lipinski definition) is 5. The Morgan fingerprint density at radius 3 is 1.65 bits per heavy atom. The molecular formula is C18H24O8. The number of benzene rings is 1. The summed E-state index contributed by atoms with van der Waals surface area (Å²) < 4.78 is 4.98. The summed E-state index contributed by atoms with van der Waals surface area (Å²) in [5.74, 6) is -3.16. The quantitative estimate of drug-likeness (QED) is 0.423. The van der Waals surface area contributed by atoms with Crippen LogP contribution in [-0.4, -0.2) is 45.8 Å². The minimum atomic E-state index is -1.01. The van der Waals surface area contributed by atoms with Gasteiger partial charge in [-0.25, -0.2) is 9.59 Å². The predicted octanol–water partition coefficient (Wildman–Crippen LogP) is 3.06. The van der Waals surface area contributed by atoms with E-state index in [0.717, 1.165) is 12.8 Å². The van der Waals surface area contributed by atoms with Crippen molar-refractivity contribution < 1.29 is 39.2 Å². The van der Waals surface area contributed by atoms with E-state index in [9.17, 15) is 19.2 Å². The Balaban J connectivity index is 0.000000541. The number of rotatable bonds is 10. The molecule has 0 saturated heterocycles. The lowest BCUT2D eigenvalue weighted by molar-refractivity contribution is -0.139. The standard InChI is InChI=1S/C12H14O4.C6H10O4/c1-2-3-8-16-12(15)10-6-4-9(5-7-10)11(13)14;7-5(8)3-1-2-4-6(9)10/h4-7H,2-3,8H2,1H3,(H,13,14);1-4H2,(H,7,8)(H,9,10). The van der Waals surface area contributed by atoms with Crippen LogP contribution in [0, 0.1) is 0 Å². The van der Waals surface area contributed by atoms with Crippen LogP contribution in [0.1, 0.15) is 66.2 Å². The van der Waals surface area contributed by atoms with Gasteiger partial charge < -0.3 is 20.1 Å². The van der Waals surface area contributed by atoms with Gasteiger partial charge in [-0.3, -0.25) is 9.59 Å². The van der Waals surface area contributed by atoms with Crippen molar-refractivity contribution in [2.45, 2.75) is 45.4 Å². The van der Waals surface area contributed by atoms with E-state index >= 15 is 0 Å². The second-order valence-corrected chi connectivity index (χ2v) is 5.37. The molecule has 0 unspecified atom stereocenters. The Bertz CT molecular complexity index is 576. The molecule has 8 nitrogen and oxygen atoms in total. The number of carbonyl (C=O) groups excluding carboxylic acids is 1. The summed E-state index contributed by atoms with van der Waals surface area (Å²) in [4.78, 5) is 41.8. The zero-order chi connectivity index (χ0) is 19.9. The number of carboxylic acids is 3. The topological polar surface area (TPSA) is 138 Å². The van der Waals surface area contributed by atoms with Crippen LogP contribution in [0.2, 0.25) is 0 Å². The van der Waals surface area contributed by atoms with Gasteiger partial charge in [0, 0.05) is 12.8 Å². The molecule has 3 N–H and O–H groups in total. The first-order valence-corrected chi connectivity index (χ1v) is 8.22. The molecule has 0 amide bonds. The summed E-state index contributed by atoms with van der Waals surface area (Å²) >= 11 is 0. The molecule has 0 spiro atoms. The van der Waals surface area contributed by atoms with Gasteiger partial charge in [0.2, 0.25) is 0 Å². The highest BCUT2D eigenvalue weighted by atomic mass is 16.5. The Hall–Kier alpha value is -2.90. The average molecular weight is 368 g/mol. The van der Waals surface area contributed by atoms with Crippen LogP contribution < -0.4 is 0 Å². The molecule has 26 heavy (non-hydrogen) atoms. The molecule has 0 aliphatic heterocycles. The number of aromatic carboxylic acids is 1. The van der Waals surface area contributed by atoms with Crippen molar-refractivity contribution in [3.8, 4) is 0 Å². The fraction of sp³-hybridized carbons (Fsp3) is 0.444. The molecule has 0 radical (unpaired) electrons. The Morgan fingerprint density at radius 2 is 1.27 bits per heavy atom. The van der Waals surface area contributed by atoms with Gasteiger partial charge in [-0.05, 0) is 43.5 Å². The van der Waals surface area contributed by atoms with Crippen LogP contribution in [0.25, 0.3) is 0 Å². The second-order valence-electron chi connectivity index (χ2n) is 5.37. The SMILES string of the molecule is CCCCOC(=O)c1ccc(C(=O)O)cc1.O=C(O)CCCCC(=O)O. The average Bonchev–Trinajstić information content (AvgIpc) is 2.59. The minimum Gasteiger partial charge on any atom is -0.481 e. The van der Waals surface area contributed by atoms with Crippen LogP contribution in [0.15, 0.2) is 24.3 Å². The molecule has 144 valence electrons. The van der Waals surface area contributed by atoms with Gasteiger partial charge in [0.1, 0.15) is 0 Å². The summed E-state index contributed by atoms with van der Waals surface area (Å²) in [5.41, 5.74) is 0.534. The summed E-state index contributed by atoms with van der Waals surface area (Å²) in [6, 6.07) is 5.69. The van der Waals surface area contributed by atoms with Crippen molar-refractivity contribution >= 4 is 23.9 Å². The van der Waals surface area contributed by atoms with E-state index in [1.54, 1.807) is 0 Å². The number of ether oxygens (including phenoxy) is 1. The molecule has 1 rings (SSSR count). The van der Waals surface area contributed by atoms with E-state index in [0.29, 0.717) is 25.0 Å². The van der Waals surface area contributed by atoms with E-state index in [4.69, 9.17) is 20.1 Å². The normalized spacial score (nSPS) is 9.58. The molecule has 0 fully saturated rings. The van der Waals surface area contributed by atoms with Gasteiger partial charge in [0.15, 0.2) is 0 Å². The van der Waals surface area contributed by atoms with Gasteiger partial charge >= 0.3 is 23.9 Å². The van der Waals surface area contributed by atoms with Crippen LogP contribution in [-0.2, 0) is 14.3 Å². The molecule has 0 aliphatic carbocycles. The minimum absolute atomic E-state index is 0.0628. The van der Waals surface area contributed by atoms with Gasteiger partial charge in [-0.1, -0.05) is 13.3 Å². The summed E-state index contributed by atoms with van der Waals surface area (Å²) in [5, 5.41) is 24.9. The molecule has 0 saturated carbocycles. The van der Waals surface area contributed by atoms with Gasteiger partial charge in [0.25, 0.3) is 0 Å². The Morgan fingerprint density at radius 1 is 0.808 bits per heavy atom. The number of carboxylic acid groups (broad SMARTS) is 3. The first kappa shape index (κ1) is 23.1. The summed E-state index contributed by atoms with van der Waals surface area (Å²) in [6.07, 6.45) is 2.81. The maximum atomic E-state index is 11.4. The van der Waals surface area contributed by atoms with Crippen molar-refractivity contribution in [3.63, 3.8) is 0 Å². The van der Waals surface area contributed by atoms with Crippen LogP contribution in [0.5, 0.6) is 0 Å². The molecular weight excluding hydrogens is 344 g/mol. The third-order valence-electron chi connectivity index (χ3n) is 3.13. The highest BCUT2D eigenvalue weighted by Crippen LogP contribution is 2.06. The van der Waals surface area contributed by atoms with E-state index < -0.39 is 23.9 Å². The van der Waals surface area contributed by atoms with Gasteiger partial charge in [-0.2, -0.15) is 0 Å². The zero-order valence-corrected chi connectivity index (χ0v) is 14.6. The van der Waals surface area contributed by atoms with Crippen molar-refractivity contribution in [3.05, 3.63) is 35.4 Å². The largest absolute Gasteiger partial charge is 0.481 e. The molecule has 0 heterocycles. The lowest BCUT2D eigenvalue weighted by Crippen LogP contribution is -2.06. The highest BCUT2D eigenvalue weighted by Gasteiger charge is 2.08. The number of aliphatic carboxylic acids is 2. The Labute approximate surface area is 151 Å². The van der Waals surface area contributed by atoms with Gasteiger partial charge in [-0.15, -0.1) is 0 Å². The van der Waals surface area contributed by atoms with Gasteiger partial charge in [0.05, 0.1) is 17.7 Å². The van der Waals surface area contributed by atoms with E-state index in [1.807, 2.05) is 6.92 Å². The lowest BCUT2D eigenvalue weighted by atomic mass is 10.1. The summed E-state index contributed by atoms with van der Waals surface area (Å²) in [7, 11) is 0. The maximum Gasteiger partial charge on any atom is 0.338 e. The van der Waals surface area contributed by atoms with E-state index in [2.05, 4.69) is 0 Å². The molecule has 0 bridgehead atoms. The Kier molecular flexibility index (Phi) is 11.9. The van der Waals surface area contributed by atoms with Crippen molar-refractivity contribution in [1.82, 2.24) is 0 Å². The number of unbranched alkanes of at least 4 members (excludes halogenated alkanes) is 2. The first-order valence-electron chi connectivity index (χ1n) is 8.22. The van der Waals surface area contributed by atoms with Crippen molar-refractivity contribution in [2.24, 2.45) is 0 Å². The first-order chi connectivity index (χ1) is 12.3. The van der Waals surface area contributed by atoms with E-state index in [1.165, 1.54) is 24.3 Å². The third-order valence-corrected chi connectivity index (χ3v) is 3.13. The zero-order valence-electron chi connectivity index (χ0n) is 14.6. The molecule has 0 aromatic heterocycles. The van der Waals surface area contributed by atoms with E-state index in [-0.39, 0.29) is 18.4 Å².